The highest BCUT2D eigenvalue weighted by Crippen LogP contribution is 2.34. The molecule has 2 aromatic rings. The number of halogens is 1. The van der Waals surface area contributed by atoms with Crippen molar-refractivity contribution >= 4 is 23.2 Å². The molecule has 5 nitrogen and oxygen atoms in total. The lowest BCUT2D eigenvalue weighted by Crippen LogP contribution is -2.26. The highest BCUT2D eigenvalue weighted by molar-refractivity contribution is 6.32. The van der Waals surface area contributed by atoms with E-state index >= 15 is 0 Å². The number of carbonyl (C=O) groups is 1. The second kappa shape index (κ2) is 6.84. The molecule has 0 saturated heterocycles. The Hall–Kier alpha value is -2.40. The summed E-state index contributed by atoms with van der Waals surface area (Å²) in [5, 5.41) is 3.25. The fourth-order valence-electron chi connectivity index (χ4n) is 2.42. The molecule has 0 saturated carbocycles. The van der Waals surface area contributed by atoms with Crippen LogP contribution in [0.3, 0.4) is 0 Å². The molecular weight excluding hydrogens is 342 g/mol. The number of methoxy groups -OCH3 is 1. The van der Waals surface area contributed by atoms with Gasteiger partial charge in [-0.3, -0.25) is 4.79 Å². The molecule has 132 valence electrons. The molecular formula is C19H20ClNO4. The van der Waals surface area contributed by atoms with Gasteiger partial charge < -0.3 is 19.5 Å². The second-order valence-electron chi connectivity index (χ2n) is 6.71. The molecule has 0 aliphatic carbocycles. The lowest BCUT2D eigenvalue weighted by atomic mass is 9.97. The van der Waals surface area contributed by atoms with E-state index in [0.717, 1.165) is 0 Å². The Morgan fingerprint density at radius 1 is 1.12 bits per heavy atom. The van der Waals surface area contributed by atoms with E-state index in [1.54, 1.807) is 43.5 Å². The number of benzene rings is 2. The van der Waals surface area contributed by atoms with Crippen molar-refractivity contribution in [1.29, 1.82) is 0 Å². The van der Waals surface area contributed by atoms with Crippen molar-refractivity contribution in [3.63, 3.8) is 0 Å². The normalized spacial score (nSPS) is 15.2. The van der Waals surface area contributed by atoms with Crippen molar-refractivity contribution in [2.24, 2.45) is 5.41 Å². The van der Waals surface area contributed by atoms with Crippen LogP contribution < -0.4 is 19.5 Å². The summed E-state index contributed by atoms with van der Waals surface area (Å²) in [5.74, 6) is 1.52. The van der Waals surface area contributed by atoms with Crippen LogP contribution in [0.25, 0.3) is 0 Å². The Balaban J connectivity index is 1.77. The first kappa shape index (κ1) is 17.4. The number of nitrogens with one attached hydrogen (secondary N) is 1. The third-order valence-electron chi connectivity index (χ3n) is 3.85. The third-order valence-corrected chi connectivity index (χ3v) is 4.15. The summed E-state index contributed by atoms with van der Waals surface area (Å²) in [6, 6.07) is 10.2. The largest absolute Gasteiger partial charge is 0.495 e. The summed E-state index contributed by atoms with van der Waals surface area (Å²) in [6.45, 7) is 5.23. The molecule has 25 heavy (non-hydrogen) atoms. The van der Waals surface area contributed by atoms with Crippen LogP contribution in [0.4, 0.5) is 5.69 Å². The number of rotatable bonds is 3. The summed E-state index contributed by atoms with van der Waals surface area (Å²) in [4.78, 5) is 12.5. The number of fused-ring (bicyclic) bond motifs is 1. The first-order valence-corrected chi connectivity index (χ1v) is 8.30. The average molecular weight is 362 g/mol. The van der Waals surface area contributed by atoms with Gasteiger partial charge in [-0.2, -0.15) is 0 Å². The predicted octanol–water partition coefficient (Wildman–Crippen LogP) is 4.40. The quantitative estimate of drug-likeness (QED) is 0.880. The van der Waals surface area contributed by atoms with Crippen LogP contribution in [0.15, 0.2) is 36.4 Å². The van der Waals surface area contributed by atoms with Crippen LogP contribution in [0.5, 0.6) is 17.2 Å². The van der Waals surface area contributed by atoms with Gasteiger partial charge in [-0.1, -0.05) is 25.4 Å². The molecule has 1 N–H and O–H groups in total. The van der Waals surface area contributed by atoms with E-state index in [1.807, 2.05) is 0 Å². The number of amides is 1. The Bertz CT molecular complexity index is 804. The lowest BCUT2D eigenvalue weighted by molar-refractivity contribution is 0.102. The average Bonchev–Trinajstić information content (AvgIpc) is 2.73. The molecule has 1 aliphatic rings. The van der Waals surface area contributed by atoms with Crippen molar-refractivity contribution in [3.8, 4) is 17.2 Å². The number of hydrogen-bond donors (Lipinski definition) is 1. The van der Waals surface area contributed by atoms with Gasteiger partial charge in [-0.05, 0) is 36.4 Å². The number of hydrogen-bond acceptors (Lipinski definition) is 4. The predicted molar refractivity (Wildman–Crippen MR) is 97.2 cm³/mol. The van der Waals surface area contributed by atoms with E-state index in [-0.39, 0.29) is 11.3 Å². The maximum absolute atomic E-state index is 12.5. The van der Waals surface area contributed by atoms with Crippen LogP contribution in [0.1, 0.15) is 24.2 Å². The molecule has 0 bridgehead atoms. The molecule has 3 rings (SSSR count). The van der Waals surface area contributed by atoms with Crippen molar-refractivity contribution in [2.75, 3.05) is 25.6 Å². The maximum Gasteiger partial charge on any atom is 0.255 e. The van der Waals surface area contributed by atoms with E-state index in [4.69, 9.17) is 25.8 Å². The van der Waals surface area contributed by atoms with Crippen LogP contribution >= 0.6 is 11.6 Å². The summed E-state index contributed by atoms with van der Waals surface area (Å²) in [6.07, 6.45) is 0. The summed E-state index contributed by atoms with van der Waals surface area (Å²) >= 11 is 6.09. The number of carbonyl (C=O) groups excluding carboxylic acids is 1. The zero-order chi connectivity index (χ0) is 18.0. The maximum atomic E-state index is 12.5. The lowest BCUT2D eigenvalue weighted by Gasteiger charge is -2.19. The summed E-state index contributed by atoms with van der Waals surface area (Å²) in [5.41, 5.74) is 0.986. The van der Waals surface area contributed by atoms with Crippen molar-refractivity contribution in [1.82, 2.24) is 0 Å². The van der Waals surface area contributed by atoms with Crippen molar-refractivity contribution in [3.05, 3.63) is 47.0 Å². The topological polar surface area (TPSA) is 56.8 Å². The first-order valence-electron chi connectivity index (χ1n) is 7.92. The minimum Gasteiger partial charge on any atom is -0.495 e. The highest BCUT2D eigenvalue weighted by Gasteiger charge is 2.25. The molecule has 0 unspecified atom stereocenters. The molecule has 0 spiro atoms. The zero-order valence-electron chi connectivity index (χ0n) is 14.4. The minimum absolute atomic E-state index is 0.0821. The standard InChI is InChI=1S/C19H20ClNO4/c1-19(2)10-24-16-6-4-12(8-17(16)25-11-19)18(22)21-13-5-7-15(23-3)14(20)9-13/h4-9H,10-11H2,1-3H3,(H,21,22). The molecule has 6 heteroatoms. The Morgan fingerprint density at radius 2 is 1.84 bits per heavy atom. The van der Waals surface area contributed by atoms with E-state index in [1.165, 1.54) is 0 Å². The van der Waals surface area contributed by atoms with Gasteiger partial charge in [-0.25, -0.2) is 0 Å². The van der Waals surface area contributed by atoms with Gasteiger partial charge in [0.2, 0.25) is 0 Å². The fourth-order valence-corrected chi connectivity index (χ4v) is 2.67. The number of anilines is 1. The van der Waals surface area contributed by atoms with Crippen molar-refractivity contribution < 1.29 is 19.0 Å². The summed E-state index contributed by atoms with van der Waals surface area (Å²) < 4.78 is 16.7. The van der Waals surface area contributed by atoms with Crippen LogP contribution in [0, 0.1) is 5.41 Å². The molecule has 0 aromatic heterocycles. The molecule has 1 heterocycles. The first-order chi connectivity index (χ1) is 11.9. The Labute approximate surface area is 151 Å². The smallest absolute Gasteiger partial charge is 0.255 e. The molecule has 2 aromatic carbocycles. The van der Waals surface area contributed by atoms with Gasteiger partial charge in [-0.15, -0.1) is 0 Å². The van der Waals surface area contributed by atoms with E-state index in [2.05, 4.69) is 19.2 Å². The van der Waals surface area contributed by atoms with E-state index < -0.39 is 0 Å². The van der Waals surface area contributed by atoms with Crippen LogP contribution in [-0.2, 0) is 0 Å². The van der Waals surface area contributed by atoms with Gasteiger partial charge in [0, 0.05) is 16.7 Å². The number of ether oxygens (including phenoxy) is 3. The monoisotopic (exact) mass is 361 g/mol. The summed E-state index contributed by atoms with van der Waals surface area (Å²) in [7, 11) is 1.54. The SMILES string of the molecule is COc1ccc(NC(=O)c2ccc3c(c2)OCC(C)(C)CO3)cc1Cl. The van der Waals surface area contributed by atoms with Crippen molar-refractivity contribution in [2.45, 2.75) is 13.8 Å². The highest BCUT2D eigenvalue weighted by atomic mass is 35.5. The van der Waals surface area contributed by atoms with E-state index in [0.29, 0.717) is 46.7 Å². The fraction of sp³-hybridized carbons (Fsp3) is 0.316. The van der Waals surface area contributed by atoms with Crippen LogP contribution in [-0.4, -0.2) is 26.2 Å². The minimum atomic E-state index is -0.254. The van der Waals surface area contributed by atoms with Gasteiger partial charge in [0.1, 0.15) is 5.75 Å². The Morgan fingerprint density at radius 3 is 2.52 bits per heavy atom. The molecule has 0 radical (unpaired) electrons. The second-order valence-corrected chi connectivity index (χ2v) is 7.11. The van der Waals surface area contributed by atoms with Gasteiger partial charge in [0.15, 0.2) is 11.5 Å². The zero-order valence-corrected chi connectivity index (χ0v) is 15.1. The van der Waals surface area contributed by atoms with E-state index in [9.17, 15) is 4.79 Å². The van der Waals surface area contributed by atoms with Gasteiger partial charge in [0.25, 0.3) is 5.91 Å². The molecule has 1 aliphatic heterocycles. The molecule has 0 atom stereocenters. The molecule has 0 fully saturated rings. The van der Waals surface area contributed by atoms with Crippen LogP contribution in [0.2, 0.25) is 5.02 Å². The van der Waals surface area contributed by atoms with Gasteiger partial charge >= 0.3 is 0 Å². The molecule has 1 amide bonds. The third kappa shape index (κ3) is 3.99. The Kier molecular flexibility index (Phi) is 4.77. The van der Waals surface area contributed by atoms with Gasteiger partial charge in [0.05, 0.1) is 25.3 Å².